The number of benzene rings is 1. The molecule has 3 unspecified atom stereocenters. The van der Waals surface area contributed by atoms with Gasteiger partial charge in [-0.25, -0.2) is 4.39 Å². The van der Waals surface area contributed by atoms with E-state index < -0.39 is 11.5 Å². The molecule has 0 amide bonds. The van der Waals surface area contributed by atoms with E-state index in [-0.39, 0.29) is 5.82 Å². The lowest BCUT2D eigenvalue weighted by atomic mass is 9.65. The standard InChI is InChI=1S/C16H19BrFNO/c1-2-11-4-3-7-16(9-11,10-19)15(20)12-5-6-14(18)13(17)8-12/h5-6,8,11,15,20H,2-4,7,9H2,1H3. The minimum atomic E-state index is -0.862. The van der Waals surface area contributed by atoms with E-state index in [1.54, 1.807) is 12.1 Å². The van der Waals surface area contributed by atoms with Gasteiger partial charge in [-0.2, -0.15) is 5.26 Å². The average molecular weight is 340 g/mol. The second kappa shape index (κ2) is 6.24. The van der Waals surface area contributed by atoms with E-state index in [2.05, 4.69) is 28.9 Å². The van der Waals surface area contributed by atoms with Crippen LogP contribution in [-0.2, 0) is 0 Å². The predicted octanol–water partition coefficient (Wildman–Crippen LogP) is 4.73. The smallest absolute Gasteiger partial charge is 0.137 e. The number of aliphatic hydroxyl groups excluding tert-OH is 1. The summed E-state index contributed by atoms with van der Waals surface area (Å²) < 4.78 is 13.6. The summed E-state index contributed by atoms with van der Waals surface area (Å²) in [5.74, 6) is 0.129. The SMILES string of the molecule is CCC1CCCC(C#N)(C(O)c2ccc(F)c(Br)c2)C1. The molecule has 1 N–H and O–H groups in total. The lowest BCUT2D eigenvalue weighted by molar-refractivity contribution is 0.0184. The van der Waals surface area contributed by atoms with Crippen molar-refractivity contribution < 1.29 is 9.50 Å². The van der Waals surface area contributed by atoms with Crippen molar-refractivity contribution in [1.82, 2.24) is 0 Å². The van der Waals surface area contributed by atoms with Gasteiger partial charge in [0, 0.05) is 0 Å². The molecular weight excluding hydrogens is 321 g/mol. The summed E-state index contributed by atoms with van der Waals surface area (Å²) >= 11 is 3.13. The molecule has 4 heteroatoms. The quantitative estimate of drug-likeness (QED) is 0.864. The van der Waals surface area contributed by atoms with Crippen molar-refractivity contribution in [2.24, 2.45) is 11.3 Å². The summed E-state index contributed by atoms with van der Waals surface area (Å²) in [6.45, 7) is 2.12. The Balaban J connectivity index is 2.30. The molecule has 0 saturated heterocycles. The summed E-state index contributed by atoms with van der Waals surface area (Å²) in [4.78, 5) is 0. The molecule has 0 aliphatic heterocycles. The molecule has 3 atom stereocenters. The van der Waals surface area contributed by atoms with Crippen LogP contribution in [0.4, 0.5) is 4.39 Å². The van der Waals surface area contributed by atoms with E-state index in [0.717, 1.165) is 25.7 Å². The summed E-state index contributed by atoms with van der Waals surface area (Å²) in [5.41, 5.74) is -0.132. The zero-order valence-electron chi connectivity index (χ0n) is 11.6. The first-order valence-electron chi connectivity index (χ1n) is 7.06. The number of aliphatic hydroxyl groups is 1. The van der Waals surface area contributed by atoms with Crippen LogP contribution in [0.15, 0.2) is 22.7 Å². The molecule has 0 radical (unpaired) electrons. The molecule has 0 aromatic heterocycles. The van der Waals surface area contributed by atoms with Crippen molar-refractivity contribution >= 4 is 15.9 Å². The van der Waals surface area contributed by atoms with Gasteiger partial charge < -0.3 is 5.11 Å². The van der Waals surface area contributed by atoms with Gasteiger partial charge in [0.2, 0.25) is 0 Å². The van der Waals surface area contributed by atoms with Crippen LogP contribution in [-0.4, -0.2) is 5.11 Å². The average Bonchev–Trinajstić information content (AvgIpc) is 2.49. The maximum atomic E-state index is 13.3. The molecule has 1 aliphatic carbocycles. The molecule has 1 aromatic carbocycles. The number of hydrogen-bond acceptors (Lipinski definition) is 2. The van der Waals surface area contributed by atoms with E-state index in [1.165, 1.54) is 6.07 Å². The lowest BCUT2D eigenvalue weighted by Crippen LogP contribution is -2.33. The van der Waals surface area contributed by atoms with Gasteiger partial charge in [0.15, 0.2) is 0 Å². The third kappa shape index (κ3) is 2.89. The molecule has 0 bridgehead atoms. The fraction of sp³-hybridized carbons (Fsp3) is 0.562. The molecule has 0 spiro atoms. The predicted molar refractivity (Wildman–Crippen MR) is 79.4 cm³/mol. The first-order chi connectivity index (χ1) is 9.52. The fourth-order valence-electron chi connectivity index (χ4n) is 3.19. The van der Waals surface area contributed by atoms with Gasteiger partial charge >= 0.3 is 0 Å². The van der Waals surface area contributed by atoms with Gasteiger partial charge in [-0.05, 0) is 52.4 Å². The molecule has 2 nitrogen and oxygen atoms in total. The minimum Gasteiger partial charge on any atom is -0.387 e. The van der Waals surface area contributed by atoms with Crippen LogP contribution in [0.25, 0.3) is 0 Å². The van der Waals surface area contributed by atoms with Crippen molar-refractivity contribution in [3.05, 3.63) is 34.1 Å². The fourth-order valence-corrected chi connectivity index (χ4v) is 3.58. The Morgan fingerprint density at radius 1 is 1.60 bits per heavy atom. The largest absolute Gasteiger partial charge is 0.387 e. The van der Waals surface area contributed by atoms with Crippen molar-refractivity contribution in [3.63, 3.8) is 0 Å². The third-order valence-electron chi connectivity index (χ3n) is 4.47. The van der Waals surface area contributed by atoms with Gasteiger partial charge in [0.05, 0.1) is 22.1 Å². The molecule has 1 aliphatic rings. The molecule has 1 saturated carbocycles. The Kier molecular flexibility index (Phi) is 4.82. The molecule has 1 aromatic rings. The third-order valence-corrected chi connectivity index (χ3v) is 5.08. The Morgan fingerprint density at radius 2 is 2.35 bits per heavy atom. The molecular formula is C16H19BrFNO. The van der Waals surface area contributed by atoms with E-state index in [0.29, 0.717) is 22.4 Å². The monoisotopic (exact) mass is 339 g/mol. The van der Waals surface area contributed by atoms with E-state index in [9.17, 15) is 14.8 Å². The molecule has 2 rings (SSSR count). The van der Waals surface area contributed by atoms with Gasteiger partial charge in [-0.1, -0.05) is 32.3 Å². The van der Waals surface area contributed by atoms with Crippen LogP contribution in [0.3, 0.4) is 0 Å². The first kappa shape index (κ1) is 15.5. The topological polar surface area (TPSA) is 44.0 Å². The highest BCUT2D eigenvalue weighted by molar-refractivity contribution is 9.10. The van der Waals surface area contributed by atoms with Crippen LogP contribution in [0, 0.1) is 28.5 Å². The maximum absolute atomic E-state index is 13.3. The van der Waals surface area contributed by atoms with Gasteiger partial charge in [-0.3, -0.25) is 0 Å². The summed E-state index contributed by atoms with van der Waals surface area (Å²) in [6, 6.07) is 6.83. The number of halogens is 2. The second-order valence-electron chi connectivity index (χ2n) is 5.71. The highest BCUT2D eigenvalue weighted by Gasteiger charge is 2.43. The summed E-state index contributed by atoms with van der Waals surface area (Å²) in [5, 5.41) is 20.3. The van der Waals surface area contributed by atoms with Gasteiger partial charge in [-0.15, -0.1) is 0 Å². The zero-order chi connectivity index (χ0) is 14.8. The normalized spacial score (nSPS) is 27.9. The second-order valence-corrected chi connectivity index (χ2v) is 6.57. The van der Waals surface area contributed by atoms with E-state index >= 15 is 0 Å². The van der Waals surface area contributed by atoms with Crippen LogP contribution in [0.1, 0.15) is 50.7 Å². The van der Waals surface area contributed by atoms with Crippen molar-refractivity contribution in [2.45, 2.75) is 45.1 Å². The number of nitrogens with zero attached hydrogens (tertiary/aromatic N) is 1. The molecule has 20 heavy (non-hydrogen) atoms. The van der Waals surface area contributed by atoms with Crippen LogP contribution in [0.5, 0.6) is 0 Å². The number of hydrogen-bond donors (Lipinski definition) is 1. The van der Waals surface area contributed by atoms with Gasteiger partial charge in [0.25, 0.3) is 0 Å². The maximum Gasteiger partial charge on any atom is 0.137 e. The highest BCUT2D eigenvalue weighted by Crippen LogP contribution is 2.48. The Morgan fingerprint density at radius 3 is 2.95 bits per heavy atom. The molecule has 0 heterocycles. The Hall–Kier alpha value is -0.920. The Labute approximate surface area is 127 Å². The molecule has 1 fully saturated rings. The molecule has 108 valence electrons. The van der Waals surface area contributed by atoms with Gasteiger partial charge in [0.1, 0.15) is 5.82 Å². The van der Waals surface area contributed by atoms with E-state index in [4.69, 9.17) is 0 Å². The number of nitriles is 1. The zero-order valence-corrected chi connectivity index (χ0v) is 13.2. The van der Waals surface area contributed by atoms with Crippen LogP contribution in [0.2, 0.25) is 0 Å². The van der Waals surface area contributed by atoms with Crippen molar-refractivity contribution in [3.8, 4) is 6.07 Å². The van der Waals surface area contributed by atoms with Crippen LogP contribution >= 0.6 is 15.9 Å². The first-order valence-corrected chi connectivity index (χ1v) is 7.86. The van der Waals surface area contributed by atoms with Crippen molar-refractivity contribution in [2.75, 3.05) is 0 Å². The van der Waals surface area contributed by atoms with E-state index in [1.807, 2.05) is 0 Å². The van der Waals surface area contributed by atoms with Crippen molar-refractivity contribution in [1.29, 1.82) is 5.26 Å². The summed E-state index contributed by atoms with van der Waals surface area (Å²) in [6.07, 6.45) is 3.68. The van der Waals surface area contributed by atoms with Crippen LogP contribution < -0.4 is 0 Å². The summed E-state index contributed by atoms with van der Waals surface area (Å²) in [7, 11) is 0. The Bertz CT molecular complexity index is 528. The minimum absolute atomic E-state index is 0.324. The number of rotatable bonds is 3. The highest BCUT2D eigenvalue weighted by atomic mass is 79.9. The lowest BCUT2D eigenvalue weighted by Gasteiger charge is -2.39.